The molecule has 0 radical (unpaired) electrons. The molecule has 1 heterocycles. The third-order valence-electron chi connectivity index (χ3n) is 4.39. The highest BCUT2D eigenvalue weighted by atomic mass is 16.1. The lowest BCUT2D eigenvalue weighted by molar-refractivity contribution is 0.0939. The van der Waals surface area contributed by atoms with E-state index in [0.29, 0.717) is 5.56 Å². The molecule has 1 aliphatic carbocycles. The fourth-order valence-electron chi connectivity index (χ4n) is 3.20. The van der Waals surface area contributed by atoms with E-state index in [-0.39, 0.29) is 17.8 Å². The van der Waals surface area contributed by atoms with Crippen molar-refractivity contribution in [1.82, 2.24) is 15.1 Å². The predicted octanol–water partition coefficient (Wildman–Crippen LogP) is 2.35. The summed E-state index contributed by atoms with van der Waals surface area (Å²) in [5.74, 6) is 0.0688. The van der Waals surface area contributed by atoms with Gasteiger partial charge < -0.3 is 11.1 Å². The average molecular weight is 318 g/mol. The number of carbonyl (C=O) groups is 1. The second-order valence-corrected chi connectivity index (χ2v) is 6.06. The molecule has 0 bridgehead atoms. The van der Waals surface area contributed by atoms with Crippen molar-refractivity contribution < 1.29 is 4.79 Å². The van der Waals surface area contributed by atoms with Crippen LogP contribution in [0.4, 0.5) is 5.82 Å². The Morgan fingerprint density at radius 1 is 1.04 bits per heavy atom. The Balaban J connectivity index is 1.51. The molecule has 5 heteroatoms. The van der Waals surface area contributed by atoms with Gasteiger partial charge in [0, 0.05) is 12.2 Å². The molecule has 3 N–H and O–H groups in total. The summed E-state index contributed by atoms with van der Waals surface area (Å²) in [7, 11) is 0. The molecule has 0 aliphatic heterocycles. The molecule has 0 saturated carbocycles. The zero-order chi connectivity index (χ0) is 16.5. The maximum absolute atomic E-state index is 12.6. The molecular formula is C19H18N4O. The van der Waals surface area contributed by atoms with Crippen molar-refractivity contribution in [2.75, 3.05) is 5.73 Å². The van der Waals surface area contributed by atoms with Crippen LogP contribution in [0.3, 0.4) is 0 Å². The Morgan fingerprint density at radius 2 is 1.67 bits per heavy atom. The van der Waals surface area contributed by atoms with Gasteiger partial charge >= 0.3 is 0 Å². The number of nitrogens with zero attached hydrogens (tertiary/aromatic N) is 2. The Bertz CT molecular complexity index is 860. The summed E-state index contributed by atoms with van der Waals surface area (Å²) in [5, 5.41) is 7.33. The van der Waals surface area contributed by atoms with Gasteiger partial charge in [-0.25, -0.2) is 4.68 Å². The number of carbonyl (C=O) groups excluding carboxylic acids is 1. The molecule has 0 spiro atoms. The van der Waals surface area contributed by atoms with E-state index in [2.05, 4.69) is 22.5 Å². The summed E-state index contributed by atoms with van der Waals surface area (Å²) in [5.41, 5.74) is 9.83. The molecule has 2 aromatic carbocycles. The van der Waals surface area contributed by atoms with Crippen molar-refractivity contribution in [3.8, 4) is 5.69 Å². The first-order chi connectivity index (χ1) is 11.7. The summed E-state index contributed by atoms with van der Waals surface area (Å²) in [6, 6.07) is 18.0. The molecule has 1 amide bonds. The second-order valence-electron chi connectivity index (χ2n) is 6.06. The number of benzene rings is 2. The van der Waals surface area contributed by atoms with Gasteiger partial charge in [-0.2, -0.15) is 0 Å². The quantitative estimate of drug-likeness (QED) is 0.778. The van der Waals surface area contributed by atoms with Crippen LogP contribution in [0, 0.1) is 0 Å². The highest BCUT2D eigenvalue weighted by Gasteiger charge is 2.24. The molecule has 0 fully saturated rings. The molecule has 0 atom stereocenters. The smallest absolute Gasteiger partial charge is 0.256 e. The molecule has 4 rings (SSSR count). The zero-order valence-electron chi connectivity index (χ0n) is 13.1. The van der Waals surface area contributed by atoms with Crippen LogP contribution in [-0.2, 0) is 12.8 Å². The van der Waals surface area contributed by atoms with Crippen LogP contribution in [0.2, 0.25) is 0 Å². The number of hydrogen-bond acceptors (Lipinski definition) is 3. The Morgan fingerprint density at radius 3 is 2.33 bits per heavy atom. The number of aromatic nitrogens is 2. The number of para-hydroxylation sites is 1. The number of rotatable bonds is 3. The fourth-order valence-corrected chi connectivity index (χ4v) is 3.20. The van der Waals surface area contributed by atoms with Gasteiger partial charge in [0.25, 0.3) is 5.91 Å². The monoisotopic (exact) mass is 318 g/mol. The molecule has 3 aromatic rings. The first-order valence-corrected chi connectivity index (χ1v) is 7.99. The van der Waals surface area contributed by atoms with Crippen molar-refractivity contribution >= 4 is 11.7 Å². The van der Waals surface area contributed by atoms with Gasteiger partial charge in [0.2, 0.25) is 0 Å². The van der Waals surface area contributed by atoms with Crippen LogP contribution in [0.15, 0.2) is 60.8 Å². The fraction of sp³-hybridized carbons (Fsp3) is 0.158. The van der Waals surface area contributed by atoms with Gasteiger partial charge in [-0.05, 0) is 36.1 Å². The van der Waals surface area contributed by atoms with E-state index in [4.69, 9.17) is 5.73 Å². The van der Waals surface area contributed by atoms with Gasteiger partial charge in [-0.1, -0.05) is 42.5 Å². The molecule has 1 aromatic heterocycles. The molecule has 1 aliphatic rings. The van der Waals surface area contributed by atoms with Gasteiger partial charge in [-0.3, -0.25) is 4.79 Å². The van der Waals surface area contributed by atoms with Gasteiger partial charge in [0.15, 0.2) is 5.82 Å². The third kappa shape index (κ3) is 2.65. The summed E-state index contributed by atoms with van der Waals surface area (Å²) in [6.45, 7) is 0. The van der Waals surface area contributed by atoms with Crippen LogP contribution in [0.25, 0.3) is 5.69 Å². The lowest BCUT2D eigenvalue weighted by Crippen LogP contribution is -2.35. The molecule has 24 heavy (non-hydrogen) atoms. The van der Waals surface area contributed by atoms with Crippen LogP contribution < -0.4 is 11.1 Å². The van der Waals surface area contributed by atoms with Crippen molar-refractivity contribution in [3.05, 3.63) is 77.5 Å². The Labute approximate surface area is 140 Å². The van der Waals surface area contributed by atoms with E-state index in [1.807, 2.05) is 42.5 Å². The largest absolute Gasteiger partial charge is 0.382 e. The van der Waals surface area contributed by atoms with Gasteiger partial charge in [0.1, 0.15) is 5.56 Å². The topological polar surface area (TPSA) is 72.9 Å². The van der Waals surface area contributed by atoms with E-state index >= 15 is 0 Å². The normalized spacial score (nSPS) is 13.7. The second kappa shape index (κ2) is 5.85. The average Bonchev–Trinajstić information content (AvgIpc) is 3.18. The van der Waals surface area contributed by atoms with Crippen LogP contribution in [-0.4, -0.2) is 21.7 Å². The van der Waals surface area contributed by atoms with E-state index in [1.54, 1.807) is 10.9 Å². The number of hydrogen-bond donors (Lipinski definition) is 2. The predicted molar refractivity (Wildman–Crippen MR) is 93.1 cm³/mol. The van der Waals surface area contributed by atoms with Crippen molar-refractivity contribution in [2.45, 2.75) is 18.9 Å². The van der Waals surface area contributed by atoms with Crippen molar-refractivity contribution in [3.63, 3.8) is 0 Å². The van der Waals surface area contributed by atoms with E-state index in [0.717, 1.165) is 18.5 Å². The first kappa shape index (κ1) is 14.5. The van der Waals surface area contributed by atoms with E-state index < -0.39 is 0 Å². The molecule has 5 nitrogen and oxygen atoms in total. The summed E-state index contributed by atoms with van der Waals surface area (Å²) >= 11 is 0. The standard InChI is InChI=1S/C19H18N4O/c20-18-17(12-23(22-18)16-8-2-1-3-9-16)19(24)21-15-10-13-6-4-5-7-14(13)11-15/h1-9,12,15H,10-11H2,(H2,20,22)(H,21,24). The van der Waals surface area contributed by atoms with E-state index in [1.165, 1.54) is 11.1 Å². The van der Waals surface area contributed by atoms with Crippen LogP contribution in [0.1, 0.15) is 21.5 Å². The lowest BCUT2D eigenvalue weighted by atomic mass is 10.1. The van der Waals surface area contributed by atoms with Crippen LogP contribution >= 0.6 is 0 Å². The minimum absolute atomic E-state index is 0.106. The maximum Gasteiger partial charge on any atom is 0.256 e. The number of nitrogens with two attached hydrogens (primary N) is 1. The minimum Gasteiger partial charge on any atom is -0.382 e. The molecule has 0 saturated heterocycles. The highest BCUT2D eigenvalue weighted by molar-refractivity contribution is 5.98. The number of fused-ring (bicyclic) bond motifs is 1. The maximum atomic E-state index is 12.6. The molecule has 120 valence electrons. The molecule has 0 unspecified atom stereocenters. The van der Waals surface area contributed by atoms with Crippen molar-refractivity contribution in [1.29, 1.82) is 0 Å². The number of anilines is 1. The number of nitrogens with one attached hydrogen (secondary N) is 1. The van der Waals surface area contributed by atoms with E-state index in [9.17, 15) is 4.79 Å². The number of amides is 1. The highest BCUT2D eigenvalue weighted by Crippen LogP contribution is 2.22. The first-order valence-electron chi connectivity index (χ1n) is 7.99. The third-order valence-corrected chi connectivity index (χ3v) is 4.39. The Kier molecular flexibility index (Phi) is 3.54. The lowest BCUT2D eigenvalue weighted by Gasteiger charge is -2.11. The van der Waals surface area contributed by atoms with Crippen molar-refractivity contribution in [2.24, 2.45) is 0 Å². The zero-order valence-corrected chi connectivity index (χ0v) is 13.1. The summed E-state index contributed by atoms with van der Waals surface area (Å²) in [6.07, 6.45) is 3.39. The SMILES string of the molecule is Nc1nn(-c2ccccc2)cc1C(=O)NC1Cc2ccccc2C1. The minimum atomic E-state index is -0.174. The van der Waals surface area contributed by atoms with Gasteiger partial charge in [-0.15, -0.1) is 5.10 Å². The molecular weight excluding hydrogens is 300 g/mol. The summed E-state index contributed by atoms with van der Waals surface area (Å²) in [4.78, 5) is 12.6. The summed E-state index contributed by atoms with van der Waals surface area (Å²) < 4.78 is 1.63. The Hall–Kier alpha value is -3.08. The van der Waals surface area contributed by atoms with Gasteiger partial charge in [0.05, 0.1) is 5.69 Å². The number of nitrogen functional groups attached to an aromatic ring is 1. The van der Waals surface area contributed by atoms with Crippen LogP contribution in [0.5, 0.6) is 0 Å².